The van der Waals surface area contributed by atoms with Gasteiger partial charge in [0.15, 0.2) is 5.13 Å². The highest BCUT2D eigenvalue weighted by molar-refractivity contribution is 7.15. The summed E-state index contributed by atoms with van der Waals surface area (Å²) in [7, 11) is 3.92. The number of nitrogens with one attached hydrogen (secondary N) is 1. The molecule has 0 saturated carbocycles. The number of nitrogens with zero attached hydrogens (tertiary/aromatic N) is 2. The molecule has 0 amide bonds. The Bertz CT molecular complexity index is 620. The highest BCUT2D eigenvalue weighted by Gasteiger charge is 2.33. The maximum absolute atomic E-state index is 12.5. The number of hydrogen-bond donors (Lipinski definition) is 1. The van der Waals surface area contributed by atoms with Crippen molar-refractivity contribution in [1.29, 1.82) is 0 Å². The van der Waals surface area contributed by atoms with Gasteiger partial charge in [-0.05, 0) is 30.2 Å². The molecule has 0 radical (unpaired) electrons. The predicted octanol–water partition coefficient (Wildman–Crippen LogP) is 4.15. The largest absolute Gasteiger partial charge is 0.427 e. The fraction of sp³-hybridized carbons (Fsp3) is 0.357. The van der Waals surface area contributed by atoms with Gasteiger partial charge in [0.2, 0.25) is 0 Å². The Labute approximate surface area is 125 Å². The summed E-state index contributed by atoms with van der Waals surface area (Å²) in [5.74, 6) is 0. The van der Waals surface area contributed by atoms with Gasteiger partial charge in [0.05, 0.1) is 6.20 Å². The van der Waals surface area contributed by atoms with E-state index in [2.05, 4.69) is 10.3 Å². The van der Waals surface area contributed by atoms with Gasteiger partial charge in [-0.25, -0.2) is 4.98 Å². The van der Waals surface area contributed by atoms with Gasteiger partial charge >= 0.3 is 6.18 Å². The third kappa shape index (κ3) is 3.87. The average Bonchev–Trinajstić information content (AvgIpc) is 2.85. The van der Waals surface area contributed by atoms with Crippen LogP contribution in [-0.4, -0.2) is 19.1 Å². The van der Waals surface area contributed by atoms with Gasteiger partial charge in [-0.2, -0.15) is 13.2 Å². The smallest absolute Gasteiger partial charge is 0.378 e. The fourth-order valence-corrected chi connectivity index (χ4v) is 2.49. The Balaban J connectivity index is 2.05. The summed E-state index contributed by atoms with van der Waals surface area (Å²) in [5, 5.41) is 3.21. The summed E-state index contributed by atoms with van der Waals surface area (Å²) in [6, 6.07) is 5.99. The summed E-state index contributed by atoms with van der Waals surface area (Å²) in [6.07, 6.45) is -3.48. The van der Waals surface area contributed by atoms with Crippen molar-refractivity contribution in [3.63, 3.8) is 0 Å². The number of anilines is 2. The molecule has 0 atom stereocenters. The molecule has 1 aromatic carbocycles. The zero-order chi connectivity index (χ0) is 15.6. The van der Waals surface area contributed by atoms with Gasteiger partial charge in [-0.3, -0.25) is 0 Å². The van der Waals surface area contributed by atoms with Crippen LogP contribution < -0.4 is 10.2 Å². The molecule has 0 aliphatic heterocycles. The maximum Gasteiger partial charge on any atom is 0.427 e. The minimum absolute atomic E-state index is 0.276. The van der Waals surface area contributed by atoms with Crippen LogP contribution in [0.5, 0.6) is 0 Å². The van der Waals surface area contributed by atoms with E-state index in [1.54, 1.807) is 0 Å². The van der Waals surface area contributed by atoms with E-state index in [0.29, 0.717) is 17.9 Å². The highest BCUT2D eigenvalue weighted by atomic mass is 32.1. The standard InChI is InChI=1S/C14H16F3N3S/c1-9-6-11(20(2)3)5-4-10(9)7-18-13-19-8-12(21-13)14(15,16)17/h4-6,8H,7H2,1-3H3,(H,18,19). The van der Waals surface area contributed by atoms with E-state index in [1.807, 2.05) is 44.1 Å². The van der Waals surface area contributed by atoms with Crippen molar-refractivity contribution in [3.05, 3.63) is 40.4 Å². The van der Waals surface area contributed by atoms with Gasteiger partial charge < -0.3 is 10.2 Å². The number of aryl methyl sites for hydroxylation is 1. The first-order valence-corrected chi connectivity index (χ1v) is 7.13. The SMILES string of the molecule is Cc1cc(N(C)C)ccc1CNc1ncc(C(F)(F)F)s1. The summed E-state index contributed by atoms with van der Waals surface area (Å²) < 4.78 is 37.5. The number of hydrogen-bond acceptors (Lipinski definition) is 4. The number of alkyl halides is 3. The third-order valence-corrected chi connectivity index (χ3v) is 4.06. The van der Waals surface area contributed by atoms with Crippen LogP contribution in [0.15, 0.2) is 24.4 Å². The van der Waals surface area contributed by atoms with E-state index in [1.165, 1.54) is 0 Å². The molecule has 0 unspecified atom stereocenters. The number of benzene rings is 1. The number of aromatic nitrogens is 1. The van der Waals surface area contributed by atoms with E-state index < -0.39 is 11.1 Å². The van der Waals surface area contributed by atoms with E-state index >= 15 is 0 Å². The lowest BCUT2D eigenvalue weighted by molar-refractivity contribution is -0.134. The van der Waals surface area contributed by atoms with Gasteiger partial charge in [0.1, 0.15) is 4.88 Å². The molecule has 0 bridgehead atoms. The van der Waals surface area contributed by atoms with Crippen LogP contribution >= 0.6 is 11.3 Å². The van der Waals surface area contributed by atoms with Crippen molar-refractivity contribution in [2.75, 3.05) is 24.3 Å². The van der Waals surface area contributed by atoms with E-state index in [4.69, 9.17) is 0 Å². The van der Waals surface area contributed by atoms with Crippen LogP contribution in [0.2, 0.25) is 0 Å². The monoisotopic (exact) mass is 315 g/mol. The molecule has 0 fully saturated rings. The first kappa shape index (κ1) is 15.6. The van der Waals surface area contributed by atoms with Crippen molar-refractivity contribution in [2.24, 2.45) is 0 Å². The first-order chi connectivity index (χ1) is 9.77. The second-order valence-electron chi connectivity index (χ2n) is 4.89. The Morgan fingerprint density at radius 3 is 2.52 bits per heavy atom. The lowest BCUT2D eigenvalue weighted by atomic mass is 10.1. The van der Waals surface area contributed by atoms with Crippen molar-refractivity contribution < 1.29 is 13.2 Å². The average molecular weight is 315 g/mol. The van der Waals surface area contributed by atoms with Crippen LogP contribution in [0, 0.1) is 6.92 Å². The predicted molar refractivity (Wildman–Crippen MR) is 79.9 cm³/mol. The zero-order valence-corrected chi connectivity index (χ0v) is 12.8. The fourth-order valence-electron chi connectivity index (χ4n) is 1.81. The second kappa shape index (κ2) is 5.93. The molecular weight excluding hydrogens is 299 g/mol. The summed E-state index contributed by atoms with van der Waals surface area (Å²) in [6.45, 7) is 2.43. The molecule has 1 N–H and O–H groups in total. The second-order valence-corrected chi connectivity index (χ2v) is 5.92. The lowest BCUT2D eigenvalue weighted by Crippen LogP contribution is -2.09. The molecule has 1 heterocycles. The quantitative estimate of drug-likeness (QED) is 0.919. The van der Waals surface area contributed by atoms with Gasteiger partial charge in [0, 0.05) is 26.3 Å². The Hall–Kier alpha value is -1.76. The van der Waals surface area contributed by atoms with Gasteiger partial charge in [-0.15, -0.1) is 0 Å². The van der Waals surface area contributed by atoms with Crippen molar-refractivity contribution in [2.45, 2.75) is 19.6 Å². The lowest BCUT2D eigenvalue weighted by Gasteiger charge is -2.15. The van der Waals surface area contributed by atoms with Crippen LogP contribution in [0.25, 0.3) is 0 Å². The first-order valence-electron chi connectivity index (χ1n) is 6.31. The zero-order valence-electron chi connectivity index (χ0n) is 12.0. The minimum Gasteiger partial charge on any atom is -0.378 e. The molecule has 3 nitrogen and oxygen atoms in total. The molecule has 0 saturated heterocycles. The molecule has 2 aromatic rings. The summed E-state index contributed by atoms with van der Waals surface area (Å²) >= 11 is 0.618. The molecule has 114 valence electrons. The normalized spacial score (nSPS) is 11.5. The van der Waals surface area contributed by atoms with Gasteiger partial charge in [0.25, 0.3) is 0 Å². The van der Waals surface area contributed by atoms with Crippen LogP contribution in [-0.2, 0) is 12.7 Å². The maximum atomic E-state index is 12.5. The van der Waals surface area contributed by atoms with Crippen LogP contribution in [0.3, 0.4) is 0 Å². The van der Waals surface area contributed by atoms with E-state index in [-0.39, 0.29) is 5.13 Å². The Morgan fingerprint density at radius 1 is 1.29 bits per heavy atom. The van der Waals surface area contributed by atoms with Crippen molar-refractivity contribution in [1.82, 2.24) is 4.98 Å². The Morgan fingerprint density at radius 2 is 2.00 bits per heavy atom. The number of rotatable bonds is 4. The minimum atomic E-state index is -4.33. The van der Waals surface area contributed by atoms with Gasteiger partial charge in [-0.1, -0.05) is 17.4 Å². The molecule has 1 aromatic heterocycles. The number of thiazole rings is 1. The summed E-state index contributed by atoms with van der Waals surface area (Å²) in [4.78, 5) is 5.06. The van der Waals surface area contributed by atoms with E-state index in [0.717, 1.165) is 23.0 Å². The molecule has 7 heteroatoms. The highest BCUT2D eigenvalue weighted by Crippen LogP contribution is 2.35. The topological polar surface area (TPSA) is 28.2 Å². The number of halogens is 3. The molecule has 2 rings (SSSR count). The van der Waals surface area contributed by atoms with Crippen LogP contribution in [0.4, 0.5) is 24.0 Å². The molecule has 0 spiro atoms. The van der Waals surface area contributed by atoms with E-state index in [9.17, 15) is 13.2 Å². The molecule has 0 aliphatic rings. The Kier molecular flexibility index (Phi) is 4.41. The molecule has 21 heavy (non-hydrogen) atoms. The van der Waals surface area contributed by atoms with Crippen molar-refractivity contribution in [3.8, 4) is 0 Å². The molecule has 0 aliphatic carbocycles. The summed E-state index contributed by atoms with van der Waals surface area (Å²) in [5.41, 5.74) is 3.20. The third-order valence-electron chi connectivity index (χ3n) is 3.06. The van der Waals surface area contributed by atoms with Crippen molar-refractivity contribution >= 4 is 22.2 Å². The van der Waals surface area contributed by atoms with Crippen LogP contribution in [0.1, 0.15) is 16.0 Å². The molecular formula is C14H16F3N3S.